The average molecular weight is 487 g/mol. The van der Waals surface area contributed by atoms with Crippen molar-refractivity contribution >= 4 is 28.5 Å². The molecule has 0 bridgehead atoms. The van der Waals surface area contributed by atoms with Crippen LogP contribution in [0.4, 0.5) is 16.0 Å². The number of carbonyl (C=O) groups is 1. The van der Waals surface area contributed by atoms with Crippen LogP contribution in [0.3, 0.4) is 0 Å². The maximum Gasteiger partial charge on any atom is 0.208 e. The Morgan fingerprint density at radius 1 is 1.11 bits per heavy atom. The zero-order valence-electron chi connectivity index (χ0n) is 20.9. The molecule has 0 aliphatic heterocycles. The van der Waals surface area contributed by atoms with E-state index in [1.165, 1.54) is 6.07 Å². The molecular weight excluding hydrogens is 455 g/mol. The van der Waals surface area contributed by atoms with Crippen molar-refractivity contribution in [2.75, 3.05) is 5.32 Å². The van der Waals surface area contributed by atoms with Crippen LogP contribution < -0.4 is 10.1 Å². The van der Waals surface area contributed by atoms with Crippen LogP contribution >= 0.6 is 0 Å². The normalized spacial score (nSPS) is 14.0. The minimum atomic E-state index is -0.204. The van der Waals surface area contributed by atoms with Crippen molar-refractivity contribution in [3.05, 3.63) is 71.8 Å². The van der Waals surface area contributed by atoms with E-state index in [0.717, 1.165) is 48.1 Å². The number of Topliss-reactive ketones (excluding diaryl/α,β-unsaturated/α-hetero) is 1. The lowest BCUT2D eigenvalue weighted by Crippen LogP contribution is -2.14. The van der Waals surface area contributed by atoms with Gasteiger partial charge in [-0.25, -0.2) is 9.37 Å². The number of ether oxygens (including phenoxy) is 1. The summed E-state index contributed by atoms with van der Waals surface area (Å²) in [4.78, 5) is 21.6. The molecule has 4 aromatic rings. The highest BCUT2D eigenvalue weighted by atomic mass is 19.1. The van der Waals surface area contributed by atoms with Gasteiger partial charge in [-0.15, -0.1) is 0 Å². The Balaban J connectivity index is 1.33. The highest BCUT2D eigenvalue weighted by Gasteiger charge is 2.23. The van der Waals surface area contributed by atoms with Crippen LogP contribution in [0.5, 0.6) is 11.5 Å². The number of carbonyl (C=O) groups excluding carboxylic acids is 1. The van der Waals surface area contributed by atoms with Crippen molar-refractivity contribution in [1.82, 2.24) is 14.5 Å². The number of nitrogens with zero attached hydrogens (tertiary/aromatic N) is 3. The fraction of sp³-hybridized carbons (Fsp3) is 0.345. The van der Waals surface area contributed by atoms with Crippen molar-refractivity contribution in [2.24, 2.45) is 13.0 Å². The maximum atomic E-state index is 14.1. The van der Waals surface area contributed by atoms with E-state index in [-0.39, 0.29) is 23.4 Å². The molecular formula is C29H31FN4O2. The number of hydrogen-bond acceptors (Lipinski definition) is 5. The van der Waals surface area contributed by atoms with E-state index < -0.39 is 0 Å². The van der Waals surface area contributed by atoms with Crippen LogP contribution in [0.2, 0.25) is 0 Å². The van der Waals surface area contributed by atoms with Gasteiger partial charge in [0, 0.05) is 43.4 Å². The van der Waals surface area contributed by atoms with Crippen molar-refractivity contribution in [1.29, 1.82) is 0 Å². The molecule has 0 unspecified atom stereocenters. The monoisotopic (exact) mass is 486 g/mol. The lowest BCUT2D eigenvalue weighted by atomic mass is 9.99. The summed E-state index contributed by atoms with van der Waals surface area (Å²) in [5.41, 5.74) is 3.89. The molecule has 2 heterocycles. The van der Waals surface area contributed by atoms with Gasteiger partial charge in [-0.1, -0.05) is 26.7 Å². The number of aromatic nitrogens is 3. The number of hydrogen-bond donors (Lipinski definition) is 1. The number of benzene rings is 2. The number of rotatable bonds is 8. The van der Waals surface area contributed by atoms with Crippen molar-refractivity contribution in [3.8, 4) is 11.5 Å². The van der Waals surface area contributed by atoms with Crippen LogP contribution in [-0.2, 0) is 18.3 Å². The molecule has 186 valence electrons. The number of aryl methyl sites for hydroxylation is 1. The van der Waals surface area contributed by atoms with Gasteiger partial charge in [-0.05, 0) is 60.7 Å². The average Bonchev–Trinajstić information content (AvgIpc) is 3.49. The first-order valence-electron chi connectivity index (χ1n) is 12.6. The molecule has 1 aliphatic rings. The van der Waals surface area contributed by atoms with Gasteiger partial charge < -0.3 is 14.6 Å². The lowest BCUT2D eigenvalue weighted by Gasteiger charge is -2.11. The van der Waals surface area contributed by atoms with Crippen molar-refractivity contribution in [3.63, 3.8) is 0 Å². The van der Waals surface area contributed by atoms with Gasteiger partial charge in [0.2, 0.25) is 5.95 Å². The van der Waals surface area contributed by atoms with E-state index in [4.69, 9.17) is 9.72 Å². The van der Waals surface area contributed by atoms with Crippen molar-refractivity contribution in [2.45, 2.75) is 51.9 Å². The summed E-state index contributed by atoms with van der Waals surface area (Å²) in [6, 6.07) is 14.4. The van der Waals surface area contributed by atoms with Crippen LogP contribution in [-0.4, -0.2) is 20.3 Å². The molecule has 0 amide bonds. The Hall–Kier alpha value is -3.74. The van der Waals surface area contributed by atoms with Gasteiger partial charge in [0.1, 0.15) is 23.1 Å². The largest absolute Gasteiger partial charge is 0.457 e. The van der Waals surface area contributed by atoms with Crippen LogP contribution in [0.15, 0.2) is 54.7 Å². The summed E-state index contributed by atoms with van der Waals surface area (Å²) >= 11 is 0. The summed E-state index contributed by atoms with van der Waals surface area (Å²) < 4.78 is 22.2. The number of ketones is 1. The number of imidazole rings is 1. The molecule has 2 aromatic heterocycles. The molecule has 0 spiro atoms. The molecule has 5 rings (SSSR count). The zero-order valence-corrected chi connectivity index (χ0v) is 20.9. The second-order valence-electron chi connectivity index (χ2n) is 9.87. The maximum absolute atomic E-state index is 14.1. The van der Waals surface area contributed by atoms with Crippen molar-refractivity contribution < 1.29 is 13.9 Å². The Bertz CT molecular complexity index is 1410. The van der Waals surface area contributed by atoms with Crippen LogP contribution in [0.1, 0.15) is 56.7 Å². The third-order valence-electron chi connectivity index (χ3n) is 6.92. The number of nitrogens with one attached hydrogen (secondary N) is 1. The van der Waals surface area contributed by atoms with Gasteiger partial charge in [-0.3, -0.25) is 9.78 Å². The lowest BCUT2D eigenvalue weighted by molar-refractivity contribution is -0.122. The minimum Gasteiger partial charge on any atom is -0.457 e. The summed E-state index contributed by atoms with van der Waals surface area (Å²) in [5.74, 6) is 2.27. The molecule has 1 aliphatic carbocycles. The van der Waals surface area contributed by atoms with E-state index >= 15 is 0 Å². The van der Waals surface area contributed by atoms with Crippen LogP contribution in [0, 0.1) is 11.7 Å². The standard InChI is InChI=1S/C29H31FN4O2/c1-18(2)24-15-20(8-10-25(24)30)32-29-33-26-17-22(9-11-27(26)34(29)3)36-23-12-13-31-21(14-23)16-28(35)19-6-4-5-7-19/h8-15,17-19H,4-7,16H2,1-3H3,(H,32,33). The Morgan fingerprint density at radius 3 is 2.67 bits per heavy atom. The first-order chi connectivity index (χ1) is 17.4. The number of halogens is 1. The second-order valence-corrected chi connectivity index (χ2v) is 9.87. The summed E-state index contributed by atoms with van der Waals surface area (Å²) in [6.45, 7) is 3.94. The van der Waals surface area contributed by atoms with E-state index in [1.54, 1.807) is 18.3 Å². The molecule has 7 heteroatoms. The molecule has 1 saturated carbocycles. The fourth-order valence-electron chi connectivity index (χ4n) is 4.87. The van der Waals surface area contributed by atoms with E-state index in [9.17, 15) is 9.18 Å². The third kappa shape index (κ3) is 5.10. The minimum absolute atomic E-state index is 0.0847. The summed E-state index contributed by atoms with van der Waals surface area (Å²) in [5, 5.41) is 3.31. The van der Waals surface area contributed by atoms with E-state index in [0.29, 0.717) is 29.4 Å². The Morgan fingerprint density at radius 2 is 1.89 bits per heavy atom. The molecule has 36 heavy (non-hydrogen) atoms. The molecule has 1 N–H and O–H groups in total. The molecule has 6 nitrogen and oxygen atoms in total. The SMILES string of the molecule is CC(C)c1cc(Nc2nc3cc(Oc4ccnc(CC(=O)C5CCCC5)c4)ccc3n2C)ccc1F. The van der Waals surface area contributed by atoms with Gasteiger partial charge in [0.15, 0.2) is 0 Å². The predicted octanol–water partition coefficient (Wildman–Crippen LogP) is 7.07. The van der Waals surface area contributed by atoms with Crippen LogP contribution in [0.25, 0.3) is 11.0 Å². The van der Waals surface area contributed by atoms with Gasteiger partial charge in [0.05, 0.1) is 16.7 Å². The van der Waals surface area contributed by atoms with Gasteiger partial charge >= 0.3 is 0 Å². The molecule has 0 saturated heterocycles. The molecule has 0 atom stereocenters. The molecule has 2 aromatic carbocycles. The summed E-state index contributed by atoms with van der Waals surface area (Å²) in [6.07, 6.45) is 6.30. The third-order valence-corrected chi connectivity index (χ3v) is 6.92. The van der Waals surface area contributed by atoms with Gasteiger partial charge in [-0.2, -0.15) is 0 Å². The second kappa shape index (κ2) is 10.1. The van der Waals surface area contributed by atoms with Gasteiger partial charge in [0.25, 0.3) is 0 Å². The first kappa shape index (κ1) is 24.0. The van der Waals surface area contributed by atoms with E-state index in [2.05, 4.69) is 10.3 Å². The number of anilines is 2. The zero-order chi connectivity index (χ0) is 25.2. The highest BCUT2D eigenvalue weighted by molar-refractivity contribution is 5.83. The fourth-order valence-corrected chi connectivity index (χ4v) is 4.87. The highest BCUT2D eigenvalue weighted by Crippen LogP contribution is 2.30. The smallest absolute Gasteiger partial charge is 0.208 e. The molecule has 0 radical (unpaired) electrons. The quantitative estimate of drug-likeness (QED) is 0.288. The topological polar surface area (TPSA) is 69.0 Å². The predicted molar refractivity (Wildman–Crippen MR) is 139 cm³/mol. The Kier molecular flexibility index (Phi) is 6.72. The Labute approximate surface area is 210 Å². The van der Waals surface area contributed by atoms with E-state index in [1.807, 2.05) is 55.8 Å². The summed E-state index contributed by atoms with van der Waals surface area (Å²) in [7, 11) is 1.93. The number of pyridine rings is 1. The molecule has 1 fully saturated rings. The first-order valence-corrected chi connectivity index (χ1v) is 12.6. The number of fused-ring (bicyclic) bond motifs is 1.